The van der Waals surface area contributed by atoms with E-state index >= 15 is 0 Å². The lowest BCUT2D eigenvalue weighted by Crippen LogP contribution is -2.29. The predicted molar refractivity (Wildman–Crippen MR) is 119 cm³/mol. The standard InChI is InChI=1S/C25H26F2N2O3/c1-18(30)29(17-20-16-21(31-2)10-12-25(20)32-15-13-26)24-8-5-14-28-23(24)11-9-19-6-3-4-7-22(19)27/h3-8,10,12,14,16H,9,11,13,15,17H2,1-2H3. The molecule has 0 radical (unpaired) electrons. The fourth-order valence-corrected chi connectivity index (χ4v) is 3.45. The number of aromatic nitrogens is 1. The number of amides is 1. The molecule has 0 N–H and O–H groups in total. The van der Waals surface area contributed by atoms with Gasteiger partial charge in [0.05, 0.1) is 25.0 Å². The third-order valence-electron chi connectivity index (χ3n) is 5.06. The van der Waals surface area contributed by atoms with E-state index in [2.05, 4.69) is 4.98 Å². The third kappa shape index (κ3) is 5.81. The van der Waals surface area contributed by atoms with Crippen LogP contribution in [0.3, 0.4) is 0 Å². The summed E-state index contributed by atoms with van der Waals surface area (Å²) in [5.41, 5.74) is 2.58. The summed E-state index contributed by atoms with van der Waals surface area (Å²) in [4.78, 5) is 18.7. The number of hydrogen-bond acceptors (Lipinski definition) is 4. The molecular weight excluding hydrogens is 414 g/mol. The van der Waals surface area contributed by atoms with Crippen LogP contribution in [-0.2, 0) is 24.2 Å². The van der Waals surface area contributed by atoms with E-state index in [1.807, 2.05) is 6.07 Å². The van der Waals surface area contributed by atoms with Crippen molar-refractivity contribution in [3.63, 3.8) is 0 Å². The lowest BCUT2D eigenvalue weighted by molar-refractivity contribution is -0.116. The van der Waals surface area contributed by atoms with E-state index in [0.717, 1.165) is 0 Å². The SMILES string of the molecule is COc1ccc(OCCF)c(CN(C(C)=O)c2cccnc2CCc2ccccc2F)c1. The first-order valence-corrected chi connectivity index (χ1v) is 10.3. The Bertz CT molecular complexity index is 1060. The number of benzene rings is 2. The molecule has 2 aromatic carbocycles. The predicted octanol–water partition coefficient (Wildman–Crippen LogP) is 4.92. The van der Waals surface area contributed by atoms with Crippen LogP contribution in [0.15, 0.2) is 60.8 Å². The molecule has 0 saturated heterocycles. The summed E-state index contributed by atoms with van der Waals surface area (Å²) in [5.74, 6) is 0.623. The molecule has 0 aliphatic rings. The van der Waals surface area contributed by atoms with Crippen LogP contribution in [0, 0.1) is 5.82 Å². The van der Waals surface area contributed by atoms with Crippen molar-refractivity contribution in [2.75, 3.05) is 25.3 Å². The van der Waals surface area contributed by atoms with Gasteiger partial charge in [0.2, 0.25) is 5.91 Å². The first-order valence-electron chi connectivity index (χ1n) is 10.3. The van der Waals surface area contributed by atoms with E-state index in [9.17, 15) is 13.6 Å². The fourth-order valence-electron chi connectivity index (χ4n) is 3.45. The Hall–Kier alpha value is -3.48. The number of alkyl halides is 1. The molecule has 168 valence electrons. The number of pyridine rings is 1. The molecular formula is C25H26F2N2O3. The molecule has 0 fully saturated rings. The topological polar surface area (TPSA) is 51.7 Å². The molecule has 1 heterocycles. The van der Waals surface area contributed by atoms with Gasteiger partial charge in [-0.3, -0.25) is 9.78 Å². The maximum atomic E-state index is 14.0. The van der Waals surface area contributed by atoms with Crippen molar-refractivity contribution in [3.8, 4) is 11.5 Å². The number of hydrogen-bond donors (Lipinski definition) is 0. The summed E-state index contributed by atoms with van der Waals surface area (Å²) < 4.78 is 37.5. The fraction of sp³-hybridized carbons (Fsp3) is 0.280. The van der Waals surface area contributed by atoms with Crippen LogP contribution in [0.4, 0.5) is 14.5 Å². The molecule has 0 bridgehead atoms. The van der Waals surface area contributed by atoms with Crippen molar-refractivity contribution in [1.29, 1.82) is 0 Å². The van der Waals surface area contributed by atoms with Crippen molar-refractivity contribution in [2.24, 2.45) is 0 Å². The maximum absolute atomic E-state index is 14.0. The monoisotopic (exact) mass is 440 g/mol. The van der Waals surface area contributed by atoms with Crippen molar-refractivity contribution >= 4 is 11.6 Å². The second-order valence-corrected chi connectivity index (χ2v) is 7.18. The van der Waals surface area contributed by atoms with Crippen molar-refractivity contribution in [1.82, 2.24) is 4.98 Å². The highest BCUT2D eigenvalue weighted by atomic mass is 19.1. The van der Waals surface area contributed by atoms with Gasteiger partial charge in [-0.15, -0.1) is 0 Å². The van der Waals surface area contributed by atoms with Gasteiger partial charge in [-0.25, -0.2) is 8.78 Å². The summed E-state index contributed by atoms with van der Waals surface area (Å²) in [7, 11) is 1.55. The summed E-state index contributed by atoms with van der Waals surface area (Å²) >= 11 is 0. The number of carbonyl (C=O) groups excluding carboxylic acids is 1. The molecule has 3 rings (SSSR count). The highest BCUT2D eigenvalue weighted by Gasteiger charge is 2.19. The number of halogens is 2. The van der Waals surface area contributed by atoms with Crippen LogP contribution < -0.4 is 14.4 Å². The highest BCUT2D eigenvalue weighted by Crippen LogP contribution is 2.29. The molecule has 0 unspecified atom stereocenters. The second kappa shape index (κ2) is 11.2. The van der Waals surface area contributed by atoms with E-state index < -0.39 is 6.67 Å². The van der Waals surface area contributed by atoms with Gasteiger partial charge in [0.1, 0.15) is 30.6 Å². The second-order valence-electron chi connectivity index (χ2n) is 7.18. The lowest BCUT2D eigenvalue weighted by Gasteiger charge is -2.25. The van der Waals surface area contributed by atoms with Gasteiger partial charge >= 0.3 is 0 Å². The minimum Gasteiger partial charge on any atom is -0.497 e. The average Bonchev–Trinajstić information content (AvgIpc) is 2.81. The van der Waals surface area contributed by atoms with Crippen molar-refractivity contribution < 1.29 is 23.0 Å². The number of methoxy groups -OCH3 is 1. The largest absolute Gasteiger partial charge is 0.497 e. The first-order chi connectivity index (χ1) is 15.5. The number of rotatable bonds is 10. The van der Waals surface area contributed by atoms with Crippen LogP contribution in [-0.4, -0.2) is 31.3 Å². The molecule has 7 heteroatoms. The Labute approximate surface area is 186 Å². The summed E-state index contributed by atoms with van der Waals surface area (Å²) in [6.45, 7) is 0.952. The Morgan fingerprint density at radius 2 is 1.88 bits per heavy atom. The molecule has 32 heavy (non-hydrogen) atoms. The zero-order chi connectivity index (χ0) is 22.9. The highest BCUT2D eigenvalue weighted by molar-refractivity contribution is 5.92. The summed E-state index contributed by atoms with van der Waals surface area (Å²) in [6.07, 6.45) is 2.57. The molecule has 5 nitrogen and oxygen atoms in total. The van der Waals surface area contributed by atoms with Gasteiger partial charge in [0.25, 0.3) is 0 Å². The van der Waals surface area contributed by atoms with E-state index in [4.69, 9.17) is 9.47 Å². The van der Waals surface area contributed by atoms with Gasteiger partial charge in [-0.2, -0.15) is 0 Å². The minimum absolute atomic E-state index is 0.0832. The van der Waals surface area contributed by atoms with E-state index in [-0.39, 0.29) is 24.9 Å². The average molecular weight is 440 g/mol. The van der Waals surface area contributed by atoms with Crippen LogP contribution in [0.2, 0.25) is 0 Å². The first kappa shape index (κ1) is 23.2. The van der Waals surface area contributed by atoms with Gasteiger partial charge < -0.3 is 14.4 Å². The summed E-state index contributed by atoms with van der Waals surface area (Å²) in [5, 5.41) is 0. The number of aryl methyl sites for hydroxylation is 2. The van der Waals surface area contributed by atoms with Crippen molar-refractivity contribution in [3.05, 3.63) is 83.4 Å². The van der Waals surface area contributed by atoms with Gasteiger partial charge in [0.15, 0.2) is 0 Å². The smallest absolute Gasteiger partial charge is 0.224 e. The zero-order valence-electron chi connectivity index (χ0n) is 18.2. The van der Waals surface area contributed by atoms with E-state index in [0.29, 0.717) is 46.8 Å². The number of ether oxygens (including phenoxy) is 2. The lowest BCUT2D eigenvalue weighted by atomic mass is 10.1. The minimum atomic E-state index is -0.620. The van der Waals surface area contributed by atoms with Crippen LogP contribution in [0.25, 0.3) is 0 Å². The molecule has 0 saturated carbocycles. The van der Waals surface area contributed by atoms with Gasteiger partial charge in [0, 0.05) is 18.7 Å². The molecule has 0 spiro atoms. The Morgan fingerprint density at radius 3 is 2.59 bits per heavy atom. The molecule has 3 aromatic rings. The quantitative estimate of drug-likeness (QED) is 0.449. The van der Waals surface area contributed by atoms with Crippen LogP contribution >= 0.6 is 0 Å². The van der Waals surface area contributed by atoms with Crippen LogP contribution in [0.1, 0.15) is 23.7 Å². The van der Waals surface area contributed by atoms with Gasteiger partial charge in [-0.1, -0.05) is 18.2 Å². The summed E-state index contributed by atoms with van der Waals surface area (Å²) in [6, 6.07) is 15.4. The zero-order valence-corrected chi connectivity index (χ0v) is 18.2. The van der Waals surface area contributed by atoms with Gasteiger partial charge in [-0.05, 0) is 54.8 Å². The Kier molecular flexibility index (Phi) is 8.14. The number of carbonyl (C=O) groups is 1. The van der Waals surface area contributed by atoms with Crippen LogP contribution in [0.5, 0.6) is 11.5 Å². The molecule has 0 aliphatic carbocycles. The molecule has 0 aliphatic heterocycles. The Balaban J connectivity index is 1.90. The maximum Gasteiger partial charge on any atom is 0.224 e. The van der Waals surface area contributed by atoms with Crippen molar-refractivity contribution in [2.45, 2.75) is 26.3 Å². The molecule has 1 amide bonds. The Morgan fingerprint density at radius 1 is 1.06 bits per heavy atom. The number of nitrogens with zero attached hydrogens (tertiary/aromatic N) is 2. The van der Waals surface area contributed by atoms with E-state index in [1.165, 1.54) is 13.0 Å². The molecule has 1 aromatic heterocycles. The third-order valence-corrected chi connectivity index (χ3v) is 5.06. The molecule has 0 atom stereocenters. The normalized spacial score (nSPS) is 10.6. The van der Waals surface area contributed by atoms with E-state index in [1.54, 1.807) is 60.7 Å². The number of anilines is 1.